The van der Waals surface area contributed by atoms with Gasteiger partial charge >= 0.3 is 5.97 Å². The van der Waals surface area contributed by atoms with Gasteiger partial charge in [0, 0.05) is 19.2 Å². The van der Waals surface area contributed by atoms with E-state index in [0.29, 0.717) is 34.9 Å². The Morgan fingerprint density at radius 3 is 3.00 bits per heavy atom. The van der Waals surface area contributed by atoms with Crippen molar-refractivity contribution in [1.82, 2.24) is 9.55 Å². The van der Waals surface area contributed by atoms with Crippen LogP contribution in [0.3, 0.4) is 0 Å². The number of carboxylic acid groups (broad SMARTS) is 1. The van der Waals surface area contributed by atoms with Gasteiger partial charge in [-0.1, -0.05) is 11.8 Å². The Morgan fingerprint density at radius 2 is 2.33 bits per heavy atom. The Bertz CT molecular complexity index is 662. The molecule has 1 N–H and O–H groups in total. The van der Waals surface area contributed by atoms with E-state index in [0.717, 1.165) is 17.3 Å². The predicted octanol–water partition coefficient (Wildman–Crippen LogP) is 3.15. The molecule has 1 aromatic heterocycles. The SMILES string of the molecule is CCOCCn1c(SCC(=O)O)nc2cc(F)c(Br)cc21. The lowest BCUT2D eigenvalue weighted by atomic mass is 10.3. The first-order valence-corrected chi connectivity index (χ1v) is 8.08. The summed E-state index contributed by atoms with van der Waals surface area (Å²) in [4.78, 5) is 15.0. The van der Waals surface area contributed by atoms with Gasteiger partial charge in [-0.05, 0) is 28.9 Å². The highest BCUT2D eigenvalue weighted by Crippen LogP contribution is 2.28. The molecule has 0 radical (unpaired) electrons. The zero-order chi connectivity index (χ0) is 15.4. The van der Waals surface area contributed by atoms with E-state index in [1.54, 1.807) is 6.07 Å². The first-order chi connectivity index (χ1) is 10.0. The minimum atomic E-state index is -0.921. The van der Waals surface area contributed by atoms with Crippen molar-refractivity contribution in [1.29, 1.82) is 0 Å². The van der Waals surface area contributed by atoms with Crippen molar-refractivity contribution >= 4 is 44.7 Å². The van der Waals surface area contributed by atoms with Crippen molar-refractivity contribution < 1.29 is 19.0 Å². The maximum Gasteiger partial charge on any atom is 0.313 e. The van der Waals surface area contributed by atoms with Crippen LogP contribution in [0.25, 0.3) is 11.0 Å². The van der Waals surface area contributed by atoms with E-state index >= 15 is 0 Å². The van der Waals surface area contributed by atoms with Crippen LogP contribution in [0.4, 0.5) is 4.39 Å². The Labute approximate surface area is 133 Å². The summed E-state index contributed by atoms with van der Waals surface area (Å²) < 4.78 is 21.1. The summed E-state index contributed by atoms with van der Waals surface area (Å²) in [5.74, 6) is -1.41. The van der Waals surface area contributed by atoms with E-state index < -0.39 is 11.8 Å². The van der Waals surface area contributed by atoms with Crippen LogP contribution in [0.5, 0.6) is 0 Å². The minimum absolute atomic E-state index is 0.0956. The highest BCUT2D eigenvalue weighted by molar-refractivity contribution is 9.10. The summed E-state index contributed by atoms with van der Waals surface area (Å²) in [5.41, 5.74) is 1.25. The van der Waals surface area contributed by atoms with E-state index in [4.69, 9.17) is 9.84 Å². The van der Waals surface area contributed by atoms with Crippen LogP contribution in [0.1, 0.15) is 6.92 Å². The van der Waals surface area contributed by atoms with Crippen LogP contribution in [-0.2, 0) is 16.1 Å². The quantitative estimate of drug-likeness (QED) is 0.593. The third kappa shape index (κ3) is 3.96. The monoisotopic (exact) mass is 376 g/mol. The number of imidazole rings is 1. The molecule has 0 aliphatic carbocycles. The average molecular weight is 377 g/mol. The van der Waals surface area contributed by atoms with Crippen molar-refractivity contribution in [3.05, 3.63) is 22.4 Å². The summed E-state index contributed by atoms with van der Waals surface area (Å²) in [6, 6.07) is 2.98. The predicted molar refractivity (Wildman–Crippen MR) is 82.2 cm³/mol. The fourth-order valence-corrected chi connectivity index (χ4v) is 2.94. The normalized spacial score (nSPS) is 11.2. The van der Waals surface area contributed by atoms with E-state index in [1.807, 2.05) is 11.5 Å². The molecule has 5 nitrogen and oxygen atoms in total. The maximum absolute atomic E-state index is 13.6. The Hall–Kier alpha value is -1.12. The number of nitrogens with zero attached hydrogens (tertiary/aromatic N) is 2. The summed E-state index contributed by atoms with van der Waals surface area (Å²) in [6.07, 6.45) is 0. The number of thioether (sulfide) groups is 1. The number of halogens is 2. The Balaban J connectivity index is 2.39. The smallest absolute Gasteiger partial charge is 0.313 e. The molecule has 1 heterocycles. The average Bonchev–Trinajstić information content (AvgIpc) is 2.75. The molecular formula is C13H14BrFN2O3S. The Kier molecular flexibility index (Phi) is 5.60. The van der Waals surface area contributed by atoms with E-state index in [2.05, 4.69) is 20.9 Å². The molecule has 0 spiro atoms. The van der Waals surface area contributed by atoms with Gasteiger partial charge in [-0.3, -0.25) is 4.79 Å². The molecule has 2 aromatic rings. The maximum atomic E-state index is 13.6. The highest BCUT2D eigenvalue weighted by atomic mass is 79.9. The molecular weight excluding hydrogens is 363 g/mol. The molecule has 0 fully saturated rings. The number of hydrogen-bond acceptors (Lipinski definition) is 4. The fourth-order valence-electron chi connectivity index (χ4n) is 1.85. The molecule has 0 aliphatic heterocycles. The van der Waals surface area contributed by atoms with Crippen LogP contribution in [0.15, 0.2) is 21.8 Å². The van der Waals surface area contributed by atoms with Gasteiger partial charge < -0.3 is 14.4 Å². The molecule has 0 saturated heterocycles. The summed E-state index contributed by atoms with van der Waals surface area (Å²) in [6.45, 7) is 3.52. The largest absolute Gasteiger partial charge is 0.481 e. The first-order valence-electron chi connectivity index (χ1n) is 6.30. The lowest BCUT2D eigenvalue weighted by molar-refractivity contribution is -0.133. The van der Waals surface area contributed by atoms with E-state index in [9.17, 15) is 9.18 Å². The van der Waals surface area contributed by atoms with Gasteiger partial charge in [0.2, 0.25) is 0 Å². The zero-order valence-corrected chi connectivity index (χ0v) is 13.7. The third-order valence-electron chi connectivity index (χ3n) is 2.74. The molecule has 0 aliphatic rings. The van der Waals surface area contributed by atoms with Gasteiger partial charge in [-0.25, -0.2) is 9.37 Å². The fraction of sp³-hybridized carbons (Fsp3) is 0.385. The Morgan fingerprint density at radius 1 is 1.57 bits per heavy atom. The molecule has 2 rings (SSSR count). The molecule has 0 unspecified atom stereocenters. The van der Waals surface area contributed by atoms with Gasteiger partial charge in [0.1, 0.15) is 5.82 Å². The number of rotatable bonds is 7. The van der Waals surface area contributed by atoms with Crippen molar-refractivity contribution in [3.63, 3.8) is 0 Å². The number of carbonyl (C=O) groups is 1. The summed E-state index contributed by atoms with van der Waals surface area (Å²) in [5, 5.41) is 9.34. The molecule has 0 saturated carbocycles. The van der Waals surface area contributed by atoms with Crippen LogP contribution >= 0.6 is 27.7 Å². The number of ether oxygens (including phenoxy) is 1. The van der Waals surface area contributed by atoms with Crippen LogP contribution in [0, 0.1) is 5.82 Å². The second-order valence-corrected chi connectivity index (χ2v) is 5.98. The van der Waals surface area contributed by atoms with Crippen molar-refractivity contribution in [2.24, 2.45) is 0 Å². The van der Waals surface area contributed by atoms with Gasteiger partial charge in [0.25, 0.3) is 0 Å². The number of carboxylic acids is 1. The third-order valence-corrected chi connectivity index (χ3v) is 4.31. The molecule has 0 amide bonds. The van der Waals surface area contributed by atoms with Gasteiger partial charge in [0.05, 0.1) is 27.9 Å². The van der Waals surface area contributed by atoms with E-state index in [-0.39, 0.29) is 5.75 Å². The lowest BCUT2D eigenvalue weighted by Gasteiger charge is -2.08. The second-order valence-electron chi connectivity index (χ2n) is 4.18. The highest BCUT2D eigenvalue weighted by Gasteiger charge is 2.15. The van der Waals surface area contributed by atoms with Crippen molar-refractivity contribution in [3.8, 4) is 0 Å². The molecule has 8 heteroatoms. The topological polar surface area (TPSA) is 64.3 Å². The number of aromatic nitrogens is 2. The lowest BCUT2D eigenvalue weighted by Crippen LogP contribution is -2.08. The second kappa shape index (κ2) is 7.24. The van der Waals surface area contributed by atoms with Crippen molar-refractivity contribution in [2.75, 3.05) is 19.0 Å². The van der Waals surface area contributed by atoms with Gasteiger partial charge in [-0.2, -0.15) is 0 Å². The number of hydrogen-bond donors (Lipinski definition) is 1. The van der Waals surface area contributed by atoms with Crippen LogP contribution in [0.2, 0.25) is 0 Å². The number of benzene rings is 1. The molecule has 0 bridgehead atoms. The molecule has 1 aromatic carbocycles. The molecule has 0 atom stereocenters. The molecule has 21 heavy (non-hydrogen) atoms. The first kappa shape index (κ1) is 16.3. The van der Waals surface area contributed by atoms with Crippen LogP contribution < -0.4 is 0 Å². The number of fused-ring (bicyclic) bond motifs is 1. The standard InChI is InChI=1S/C13H14BrFN2O3S/c1-2-20-4-3-17-11-5-8(14)9(15)6-10(11)16-13(17)21-7-12(18)19/h5-6H,2-4,7H2,1H3,(H,18,19). The number of aliphatic carboxylic acids is 1. The zero-order valence-electron chi connectivity index (χ0n) is 11.3. The summed E-state index contributed by atoms with van der Waals surface area (Å²) in [7, 11) is 0. The van der Waals surface area contributed by atoms with Gasteiger partial charge in [-0.15, -0.1) is 0 Å². The van der Waals surface area contributed by atoms with Crippen LogP contribution in [-0.4, -0.2) is 39.6 Å². The summed E-state index contributed by atoms with van der Waals surface area (Å²) >= 11 is 4.27. The molecule has 114 valence electrons. The van der Waals surface area contributed by atoms with Crippen molar-refractivity contribution in [2.45, 2.75) is 18.6 Å². The van der Waals surface area contributed by atoms with Gasteiger partial charge in [0.15, 0.2) is 5.16 Å². The minimum Gasteiger partial charge on any atom is -0.481 e. The van der Waals surface area contributed by atoms with E-state index in [1.165, 1.54) is 6.07 Å².